The molecule has 118 valence electrons. The summed E-state index contributed by atoms with van der Waals surface area (Å²) in [7, 11) is 0. The Hall–Kier alpha value is -1.35. The fourth-order valence-electron chi connectivity index (χ4n) is 4.40. The number of carbonyl (C=O) groups excluding carboxylic acids is 1. The number of hydrogen-bond donors (Lipinski definition) is 1. The lowest BCUT2D eigenvalue weighted by Gasteiger charge is -2.21. The highest BCUT2D eigenvalue weighted by Crippen LogP contribution is 2.49. The van der Waals surface area contributed by atoms with Gasteiger partial charge in [-0.15, -0.1) is 0 Å². The Kier molecular flexibility index (Phi) is 3.48. The molecular formula is C19H25NO2. The third-order valence-electron chi connectivity index (χ3n) is 5.77. The molecule has 1 amide bonds. The van der Waals surface area contributed by atoms with E-state index in [1.807, 2.05) is 0 Å². The van der Waals surface area contributed by atoms with Crippen LogP contribution >= 0.6 is 0 Å². The predicted molar refractivity (Wildman–Crippen MR) is 85.6 cm³/mol. The van der Waals surface area contributed by atoms with Gasteiger partial charge < -0.3 is 10.1 Å². The van der Waals surface area contributed by atoms with Gasteiger partial charge in [-0.1, -0.05) is 29.8 Å². The van der Waals surface area contributed by atoms with Crippen molar-refractivity contribution in [3.63, 3.8) is 0 Å². The molecule has 6 unspecified atom stereocenters. The van der Waals surface area contributed by atoms with Gasteiger partial charge in [0.2, 0.25) is 5.91 Å². The first-order chi connectivity index (χ1) is 10.6. The van der Waals surface area contributed by atoms with Crippen LogP contribution in [0.2, 0.25) is 0 Å². The Morgan fingerprint density at radius 2 is 2.18 bits per heavy atom. The summed E-state index contributed by atoms with van der Waals surface area (Å²) in [5, 5.41) is 3.26. The van der Waals surface area contributed by atoms with Crippen molar-refractivity contribution in [3.05, 3.63) is 35.4 Å². The summed E-state index contributed by atoms with van der Waals surface area (Å²) in [5.41, 5.74) is 2.74. The molecule has 0 aromatic heterocycles. The zero-order chi connectivity index (χ0) is 15.3. The predicted octanol–water partition coefficient (Wildman–Crippen LogP) is 3.17. The lowest BCUT2D eigenvalue weighted by atomic mass is 9.88. The normalized spacial score (nSPS) is 37.1. The summed E-state index contributed by atoms with van der Waals surface area (Å²) in [6.07, 6.45) is 4.85. The molecule has 6 atom stereocenters. The second-order valence-electron chi connectivity index (χ2n) is 7.43. The van der Waals surface area contributed by atoms with E-state index in [9.17, 15) is 4.79 Å². The lowest BCUT2D eigenvalue weighted by molar-refractivity contribution is -0.127. The van der Waals surface area contributed by atoms with Crippen molar-refractivity contribution in [2.45, 2.75) is 63.7 Å². The molecule has 1 aromatic carbocycles. The third kappa shape index (κ3) is 2.56. The molecular weight excluding hydrogens is 274 g/mol. The van der Waals surface area contributed by atoms with E-state index in [2.05, 4.69) is 43.4 Å². The zero-order valence-electron chi connectivity index (χ0n) is 13.4. The monoisotopic (exact) mass is 299 g/mol. The smallest absolute Gasteiger partial charge is 0.226 e. The molecule has 1 aromatic rings. The molecule has 3 fully saturated rings. The van der Waals surface area contributed by atoms with Gasteiger partial charge in [-0.3, -0.25) is 4.79 Å². The molecule has 1 N–H and O–H groups in total. The van der Waals surface area contributed by atoms with Crippen molar-refractivity contribution in [2.24, 2.45) is 11.8 Å². The maximum atomic E-state index is 12.5. The van der Waals surface area contributed by atoms with Gasteiger partial charge in [0.25, 0.3) is 0 Å². The van der Waals surface area contributed by atoms with Crippen molar-refractivity contribution in [3.8, 4) is 0 Å². The van der Waals surface area contributed by atoms with E-state index in [0.717, 1.165) is 19.3 Å². The van der Waals surface area contributed by atoms with Crippen molar-refractivity contribution in [2.75, 3.05) is 0 Å². The van der Waals surface area contributed by atoms with E-state index >= 15 is 0 Å². The summed E-state index contributed by atoms with van der Waals surface area (Å²) in [6.45, 7) is 4.30. The zero-order valence-corrected chi connectivity index (χ0v) is 13.4. The SMILES string of the molecule is Cc1cccc(C2CC2C(C)NC(=O)C2CC3CCC2O3)c1. The summed E-state index contributed by atoms with van der Waals surface area (Å²) >= 11 is 0. The average Bonchev–Trinajstić information content (AvgIpc) is 3.03. The molecule has 1 aliphatic carbocycles. The molecule has 2 aliphatic heterocycles. The average molecular weight is 299 g/mol. The van der Waals surface area contributed by atoms with E-state index in [0.29, 0.717) is 17.9 Å². The minimum Gasteiger partial charge on any atom is -0.374 e. The van der Waals surface area contributed by atoms with E-state index in [1.165, 1.54) is 17.5 Å². The Morgan fingerprint density at radius 1 is 1.32 bits per heavy atom. The Labute approximate surface area is 132 Å². The molecule has 2 bridgehead atoms. The van der Waals surface area contributed by atoms with Gasteiger partial charge in [-0.2, -0.15) is 0 Å². The van der Waals surface area contributed by atoms with Crippen LogP contribution in [0.3, 0.4) is 0 Å². The van der Waals surface area contributed by atoms with Crippen LogP contribution in [-0.4, -0.2) is 24.2 Å². The largest absolute Gasteiger partial charge is 0.374 e. The fraction of sp³-hybridized carbons (Fsp3) is 0.632. The molecule has 0 radical (unpaired) electrons. The second-order valence-corrected chi connectivity index (χ2v) is 7.43. The quantitative estimate of drug-likeness (QED) is 0.927. The number of nitrogens with one attached hydrogen (secondary N) is 1. The number of fused-ring (bicyclic) bond motifs is 2. The second kappa shape index (κ2) is 5.38. The van der Waals surface area contributed by atoms with Crippen LogP contribution in [-0.2, 0) is 9.53 Å². The van der Waals surface area contributed by atoms with E-state index in [1.54, 1.807) is 0 Å². The van der Waals surface area contributed by atoms with Crippen molar-refractivity contribution in [1.82, 2.24) is 5.32 Å². The first-order valence-corrected chi connectivity index (χ1v) is 8.64. The topological polar surface area (TPSA) is 38.3 Å². The van der Waals surface area contributed by atoms with Crippen LogP contribution in [0.25, 0.3) is 0 Å². The number of rotatable bonds is 4. The summed E-state index contributed by atoms with van der Waals surface area (Å²) in [5.74, 6) is 1.52. The van der Waals surface area contributed by atoms with Crippen LogP contribution in [0, 0.1) is 18.8 Å². The number of aryl methyl sites for hydroxylation is 1. The van der Waals surface area contributed by atoms with Gasteiger partial charge in [-0.25, -0.2) is 0 Å². The standard InChI is InChI=1S/C19H25NO2/c1-11-4-3-5-13(8-11)16-10-15(16)12(2)20-19(21)17-9-14-6-7-18(17)22-14/h3-5,8,12,14-18H,6-7,9-10H2,1-2H3,(H,20,21). The Bertz CT molecular complexity index is 585. The highest BCUT2D eigenvalue weighted by Gasteiger charge is 2.47. The summed E-state index contributed by atoms with van der Waals surface area (Å²) < 4.78 is 5.81. The van der Waals surface area contributed by atoms with Crippen molar-refractivity contribution < 1.29 is 9.53 Å². The number of carbonyl (C=O) groups is 1. The van der Waals surface area contributed by atoms with Gasteiger partial charge in [0, 0.05) is 6.04 Å². The summed E-state index contributed by atoms with van der Waals surface area (Å²) in [4.78, 5) is 12.5. The molecule has 3 nitrogen and oxygen atoms in total. The van der Waals surface area contributed by atoms with Crippen molar-refractivity contribution >= 4 is 5.91 Å². The molecule has 3 aliphatic rings. The van der Waals surface area contributed by atoms with Crippen molar-refractivity contribution in [1.29, 1.82) is 0 Å². The fourth-order valence-corrected chi connectivity index (χ4v) is 4.40. The highest BCUT2D eigenvalue weighted by atomic mass is 16.5. The van der Waals surface area contributed by atoms with Crippen LogP contribution < -0.4 is 5.32 Å². The third-order valence-corrected chi connectivity index (χ3v) is 5.77. The van der Waals surface area contributed by atoms with Gasteiger partial charge >= 0.3 is 0 Å². The molecule has 3 heteroatoms. The van der Waals surface area contributed by atoms with Crippen LogP contribution in [0.1, 0.15) is 49.7 Å². The van der Waals surface area contributed by atoms with Gasteiger partial charge in [-0.05, 0) is 56.9 Å². The molecule has 1 saturated carbocycles. The first kappa shape index (κ1) is 14.3. The van der Waals surface area contributed by atoms with E-state index in [4.69, 9.17) is 4.74 Å². The molecule has 22 heavy (non-hydrogen) atoms. The number of hydrogen-bond acceptors (Lipinski definition) is 2. The minimum atomic E-state index is 0.0948. The molecule has 2 heterocycles. The van der Waals surface area contributed by atoms with Gasteiger partial charge in [0.15, 0.2) is 0 Å². The Morgan fingerprint density at radius 3 is 2.86 bits per heavy atom. The Balaban J connectivity index is 1.34. The first-order valence-electron chi connectivity index (χ1n) is 8.64. The van der Waals surface area contributed by atoms with Gasteiger partial charge in [0.1, 0.15) is 0 Å². The maximum Gasteiger partial charge on any atom is 0.226 e. The minimum absolute atomic E-state index is 0.0948. The molecule has 4 rings (SSSR count). The van der Waals surface area contributed by atoms with E-state index in [-0.39, 0.29) is 24.0 Å². The maximum absolute atomic E-state index is 12.5. The molecule has 0 spiro atoms. The number of benzene rings is 1. The van der Waals surface area contributed by atoms with Crippen LogP contribution in [0.4, 0.5) is 0 Å². The lowest BCUT2D eigenvalue weighted by Crippen LogP contribution is -2.41. The number of ether oxygens (including phenoxy) is 1. The van der Waals surface area contributed by atoms with Crippen LogP contribution in [0.15, 0.2) is 24.3 Å². The number of amides is 1. The summed E-state index contributed by atoms with van der Waals surface area (Å²) in [6, 6.07) is 9.04. The molecule has 2 saturated heterocycles. The van der Waals surface area contributed by atoms with Gasteiger partial charge in [0.05, 0.1) is 18.1 Å². The highest BCUT2D eigenvalue weighted by molar-refractivity contribution is 5.80. The van der Waals surface area contributed by atoms with E-state index < -0.39 is 0 Å². The van der Waals surface area contributed by atoms with Crippen LogP contribution in [0.5, 0.6) is 0 Å².